The molecule has 0 bridgehead atoms. The van der Waals surface area contributed by atoms with Crippen LogP contribution in [0.2, 0.25) is 0 Å². The van der Waals surface area contributed by atoms with Crippen molar-refractivity contribution in [2.75, 3.05) is 13.7 Å². The van der Waals surface area contributed by atoms with Crippen molar-refractivity contribution in [3.8, 4) is 11.3 Å². The SMILES string of the molecule is COCC(C)(NC(=O)c1cc(-c2ccccc2)nc2c1cnn2C(C)C)C(=O)O. The van der Waals surface area contributed by atoms with Crippen LogP contribution in [0.4, 0.5) is 0 Å². The van der Waals surface area contributed by atoms with Crippen molar-refractivity contribution >= 4 is 22.9 Å². The first-order chi connectivity index (χ1) is 13.8. The monoisotopic (exact) mass is 396 g/mol. The van der Waals surface area contributed by atoms with Gasteiger partial charge in [-0.2, -0.15) is 5.10 Å². The summed E-state index contributed by atoms with van der Waals surface area (Å²) in [6, 6.07) is 11.2. The van der Waals surface area contributed by atoms with E-state index in [2.05, 4.69) is 10.4 Å². The Morgan fingerprint density at radius 2 is 1.97 bits per heavy atom. The van der Waals surface area contributed by atoms with Gasteiger partial charge in [0, 0.05) is 18.7 Å². The van der Waals surface area contributed by atoms with Gasteiger partial charge >= 0.3 is 5.97 Å². The van der Waals surface area contributed by atoms with E-state index in [9.17, 15) is 14.7 Å². The molecule has 0 aliphatic rings. The number of pyridine rings is 1. The van der Waals surface area contributed by atoms with Crippen LogP contribution in [0.15, 0.2) is 42.6 Å². The lowest BCUT2D eigenvalue weighted by molar-refractivity contribution is -0.145. The molecule has 1 aromatic carbocycles. The van der Waals surface area contributed by atoms with Crippen molar-refractivity contribution in [2.24, 2.45) is 0 Å². The summed E-state index contributed by atoms with van der Waals surface area (Å²) < 4.78 is 6.74. The van der Waals surface area contributed by atoms with Gasteiger partial charge in [-0.05, 0) is 26.8 Å². The number of rotatable bonds is 7. The minimum absolute atomic E-state index is 0.0414. The van der Waals surface area contributed by atoms with Gasteiger partial charge in [0.05, 0.1) is 29.4 Å². The van der Waals surface area contributed by atoms with Crippen LogP contribution < -0.4 is 5.32 Å². The first kappa shape index (κ1) is 20.5. The zero-order chi connectivity index (χ0) is 21.2. The number of aliphatic carboxylic acids is 1. The summed E-state index contributed by atoms with van der Waals surface area (Å²) in [5, 5.41) is 17.1. The number of aromatic nitrogens is 3. The molecule has 2 heterocycles. The standard InChI is InChI=1S/C21H24N4O4/c1-13(2)25-18-16(11-22-25)15(10-17(23-18)14-8-6-5-7-9-14)19(26)24-21(3,12-29-4)20(27)28/h5-11,13H,12H2,1-4H3,(H,24,26)(H,27,28). The van der Waals surface area contributed by atoms with E-state index in [-0.39, 0.29) is 12.6 Å². The molecule has 0 aliphatic heterocycles. The van der Waals surface area contributed by atoms with E-state index in [4.69, 9.17) is 9.72 Å². The van der Waals surface area contributed by atoms with Crippen molar-refractivity contribution in [1.29, 1.82) is 0 Å². The van der Waals surface area contributed by atoms with Crippen LogP contribution in [-0.2, 0) is 9.53 Å². The summed E-state index contributed by atoms with van der Waals surface area (Å²) >= 11 is 0. The summed E-state index contributed by atoms with van der Waals surface area (Å²) in [5.74, 6) is -1.71. The maximum atomic E-state index is 13.1. The summed E-state index contributed by atoms with van der Waals surface area (Å²) in [6.07, 6.45) is 1.58. The molecule has 2 aromatic heterocycles. The molecule has 3 rings (SSSR count). The number of ether oxygens (including phenoxy) is 1. The molecule has 1 amide bonds. The quantitative estimate of drug-likeness (QED) is 0.636. The van der Waals surface area contributed by atoms with E-state index in [1.54, 1.807) is 16.9 Å². The third kappa shape index (κ3) is 3.97. The molecule has 0 radical (unpaired) electrons. The van der Waals surface area contributed by atoms with Gasteiger partial charge in [-0.3, -0.25) is 4.79 Å². The van der Waals surface area contributed by atoms with E-state index < -0.39 is 17.4 Å². The number of benzene rings is 1. The van der Waals surface area contributed by atoms with Gasteiger partial charge < -0.3 is 15.2 Å². The van der Waals surface area contributed by atoms with Crippen LogP contribution in [0, 0.1) is 0 Å². The predicted molar refractivity (Wildman–Crippen MR) is 109 cm³/mol. The van der Waals surface area contributed by atoms with Crippen molar-refractivity contribution in [2.45, 2.75) is 32.4 Å². The van der Waals surface area contributed by atoms with Crippen LogP contribution in [0.5, 0.6) is 0 Å². The second kappa shape index (κ2) is 8.00. The lowest BCUT2D eigenvalue weighted by atomic mass is 10.0. The van der Waals surface area contributed by atoms with E-state index in [1.807, 2.05) is 44.2 Å². The number of carbonyl (C=O) groups is 2. The highest BCUT2D eigenvalue weighted by molar-refractivity contribution is 6.08. The molecule has 0 saturated carbocycles. The second-order valence-corrected chi connectivity index (χ2v) is 7.37. The fourth-order valence-corrected chi connectivity index (χ4v) is 3.10. The van der Waals surface area contributed by atoms with E-state index in [0.717, 1.165) is 5.56 Å². The molecule has 8 nitrogen and oxygen atoms in total. The van der Waals surface area contributed by atoms with Gasteiger partial charge in [0.2, 0.25) is 0 Å². The Morgan fingerprint density at radius 3 is 2.55 bits per heavy atom. The normalized spacial score (nSPS) is 13.4. The van der Waals surface area contributed by atoms with Gasteiger partial charge in [0.1, 0.15) is 0 Å². The molecule has 0 aliphatic carbocycles. The van der Waals surface area contributed by atoms with Crippen LogP contribution in [0.1, 0.15) is 37.2 Å². The largest absolute Gasteiger partial charge is 0.479 e. The number of hydrogen-bond donors (Lipinski definition) is 2. The number of amides is 1. The van der Waals surface area contributed by atoms with Crippen molar-refractivity contribution in [3.05, 3.63) is 48.2 Å². The third-order valence-electron chi connectivity index (χ3n) is 4.66. The molecular weight excluding hydrogens is 372 g/mol. The van der Waals surface area contributed by atoms with Crippen molar-refractivity contribution in [1.82, 2.24) is 20.1 Å². The molecule has 29 heavy (non-hydrogen) atoms. The number of hydrogen-bond acceptors (Lipinski definition) is 5. The zero-order valence-electron chi connectivity index (χ0n) is 16.8. The lowest BCUT2D eigenvalue weighted by Gasteiger charge is -2.25. The summed E-state index contributed by atoms with van der Waals surface area (Å²) in [7, 11) is 1.39. The molecule has 0 spiro atoms. The highest BCUT2D eigenvalue weighted by atomic mass is 16.5. The molecule has 152 valence electrons. The third-order valence-corrected chi connectivity index (χ3v) is 4.66. The van der Waals surface area contributed by atoms with Crippen LogP contribution >= 0.6 is 0 Å². The molecule has 1 atom stereocenters. The Labute approximate surface area is 168 Å². The van der Waals surface area contributed by atoms with Crippen LogP contribution in [0.25, 0.3) is 22.3 Å². The molecule has 0 saturated heterocycles. The predicted octanol–water partition coefficient (Wildman–Crippen LogP) is 2.90. The maximum absolute atomic E-state index is 13.1. The number of carboxylic acids is 1. The average Bonchev–Trinajstić information content (AvgIpc) is 3.12. The smallest absolute Gasteiger partial charge is 0.331 e. The van der Waals surface area contributed by atoms with Gasteiger partial charge in [-0.1, -0.05) is 30.3 Å². The second-order valence-electron chi connectivity index (χ2n) is 7.37. The fourth-order valence-electron chi connectivity index (χ4n) is 3.10. The lowest BCUT2D eigenvalue weighted by Crippen LogP contribution is -2.55. The average molecular weight is 396 g/mol. The highest BCUT2D eigenvalue weighted by Gasteiger charge is 2.36. The zero-order valence-corrected chi connectivity index (χ0v) is 16.8. The maximum Gasteiger partial charge on any atom is 0.331 e. The number of fused-ring (bicyclic) bond motifs is 1. The van der Waals surface area contributed by atoms with E-state index in [0.29, 0.717) is 22.3 Å². The highest BCUT2D eigenvalue weighted by Crippen LogP contribution is 2.26. The molecule has 8 heteroatoms. The minimum atomic E-state index is -1.57. The number of carboxylic acid groups (broad SMARTS) is 1. The Bertz CT molecular complexity index is 1050. The molecular formula is C21H24N4O4. The first-order valence-corrected chi connectivity index (χ1v) is 9.25. The number of carbonyl (C=O) groups excluding carboxylic acids is 1. The Hall–Kier alpha value is -3.26. The number of nitrogens with zero attached hydrogens (tertiary/aromatic N) is 3. The minimum Gasteiger partial charge on any atom is -0.479 e. The molecule has 1 unspecified atom stereocenters. The molecule has 2 N–H and O–H groups in total. The first-order valence-electron chi connectivity index (χ1n) is 9.25. The van der Waals surface area contributed by atoms with E-state index in [1.165, 1.54) is 14.0 Å². The summed E-state index contributed by atoms with van der Waals surface area (Å²) in [6.45, 7) is 5.19. The van der Waals surface area contributed by atoms with Gasteiger partial charge in [0.25, 0.3) is 5.91 Å². The number of nitrogens with one attached hydrogen (secondary N) is 1. The van der Waals surface area contributed by atoms with E-state index >= 15 is 0 Å². The van der Waals surface area contributed by atoms with Crippen molar-refractivity contribution in [3.63, 3.8) is 0 Å². The topological polar surface area (TPSA) is 106 Å². The summed E-state index contributed by atoms with van der Waals surface area (Å²) in [5.41, 5.74) is 0.759. The molecule has 3 aromatic rings. The molecule has 0 fully saturated rings. The Balaban J connectivity index is 2.15. The number of methoxy groups -OCH3 is 1. The van der Waals surface area contributed by atoms with Crippen LogP contribution in [0.3, 0.4) is 0 Å². The van der Waals surface area contributed by atoms with Gasteiger partial charge in [-0.25, -0.2) is 14.5 Å². The Kier molecular flexibility index (Phi) is 5.65. The summed E-state index contributed by atoms with van der Waals surface area (Å²) in [4.78, 5) is 29.5. The van der Waals surface area contributed by atoms with Crippen LogP contribution in [-0.4, -0.2) is 51.0 Å². The van der Waals surface area contributed by atoms with Gasteiger partial charge in [-0.15, -0.1) is 0 Å². The van der Waals surface area contributed by atoms with Gasteiger partial charge in [0.15, 0.2) is 11.2 Å². The van der Waals surface area contributed by atoms with Crippen molar-refractivity contribution < 1.29 is 19.4 Å². The Morgan fingerprint density at radius 1 is 1.28 bits per heavy atom. The fraction of sp³-hybridized carbons (Fsp3) is 0.333.